The SMILES string of the molecule is CCC(C)(C)c1nc2c(o1)COOC2. The molecule has 4 heteroatoms. The van der Waals surface area contributed by atoms with Crippen molar-refractivity contribution >= 4 is 0 Å². The van der Waals surface area contributed by atoms with Crippen LogP contribution in [0.5, 0.6) is 0 Å². The molecule has 0 aromatic carbocycles. The minimum atomic E-state index is -0.0165. The molecule has 0 saturated heterocycles. The van der Waals surface area contributed by atoms with Crippen molar-refractivity contribution in [3.8, 4) is 0 Å². The third-order valence-electron chi connectivity index (χ3n) is 2.71. The second kappa shape index (κ2) is 3.37. The van der Waals surface area contributed by atoms with Crippen molar-refractivity contribution in [2.45, 2.75) is 45.8 Å². The molecule has 4 nitrogen and oxygen atoms in total. The van der Waals surface area contributed by atoms with Crippen molar-refractivity contribution in [1.29, 1.82) is 0 Å². The van der Waals surface area contributed by atoms with E-state index in [9.17, 15) is 0 Å². The van der Waals surface area contributed by atoms with Crippen LogP contribution in [0.2, 0.25) is 0 Å². The first kappa shape index (κ1) is 9.68. The van der Waals surface area contributed by atoms with Crippen LogP contribution in [-0.4, -0.2) is 4.98 Å². The Hall–Kier alpha value is -0.870. The molecule has 1 aromatic rings. The first-order valence-electron chi connectivity index (χ1n) is 4.87. The van der Waals surface area contributed by atoms with Crippen LogP contribution in [-0.2, 0) is 28.4 Å². The molecule has 0 amide bonds. The second-order valence-electron chi connectivity index (χ2n) is 4.15. The van der Waals surface area contributed by atoms with E-state index in [0.717, 1.165) is 23.8 Å². The van der Waals surface area contributed by atoms with Gasteiger partial charge in [0.15, 0.2) is 5.76 Å². The lowest BCUT2D eigenvalue weighted by molar-refractivity contribution is -0.325. The maximum Gasteiger partial charge on any atom is 0.200 e. The Morgan fingerprint density at radius 1 is 1.29 bits per heavy atom. The summed E-state index contributed by atoms with van der Waals surface area (Å²) in [7, 11) is 0. The highest BCUT2D eigenvalue weighted by Crippen LogP contribution is 2.29. The molecule has 1 aromatic heterocycles. The van der Waals surface area contributed by atoms with Crippen molar-refractivity contribution in [3.05, 3.63) is 17.3 Å². The molecule has 0 bridgehead atoms. The van der Waals surface area contributed by atoms with Gasteiger partial charge in [0.25, 0.3) is 0 Å². The lowest BCUT2D eigenvalue weighted by Crippen LogP contribution is -2.15. The first-order valence-corrected chi connectivity index (χ1v) is 4.87. The van der Waals surface area contributed by atoms with E-state index in [2.05, 4.69) is 25.8 Å². The van der Waals surface area contributed by atoms with Crippen molar-refractivity contribution in [2.75, 3.05) is 0 Å². The van der Waals surface area contributed by atoms with Gasteiger partial charge in [-0.2, -0.15) is 0 Å². The van der Waals surface area contributed by atoms with Gasteiger partial charge in [0, 0.05) is 5.41 Å². The van der Waals surface area contributed by atoms with E-state index >= 15 is 0 Å². The minimum absolute atomic E-state index is 0.0165. The Morgan fingerprint density at radius 2 is 2.00 bits per heavy atom. The van der Waals surface area contributed by atoms with Crippen LogP contribution in [0, 0.1) is 0 Å². The maximum atomic E-state index is 5.65. The Balaban J connectivity index is 2.32. The lowest BCUT2D eigenvalue weighted by Gasteiger charge is -2.17. The molecule has 14 heavy (non-hydrogen) atoms. The van der Waals surface area contributed by atoms with Gasteiger partial charge in [0.2, 0.25) is 5.89 Å². The Bertz CT molecular complexity index is 307. The van der Waals surface area contributed by atoms with Gasteiger partial charge in [-0.1, -0.05) is 20.8 Å². The topological polar surface area (TPSA) is 44.5 Å². The molecule has 0 fully saturated rings. The Morgan fingerprint density at radius 3 is 2.64 bits per heavy atom. The van der Waals surface area contributed by atoms with Crippen LogP contribution in [0.25, 0.3) is 0 Å². The van der Waals surface area contributed by atoms with Gasteiger partial charge in [-0.05, 0) is 6.42 Å². The first-order chi connectivity index (χ1) is 6.63. The monoisotopic (exact) mass is 197 g/mol. The van der Waals surface area contributed by atoms with Gasteiger partial charge < -0.3 is 4.42 Å². The smallest absolute Gasteiger partial charge is 0.200 e. The molecule has 0 saturated carbocycles. The molecule has 0 N–H and O–H groups in total. The molecule has 2 heterocycles. The van der Waals surface area contributed by atoms with E-state index in [-0.39, 0.29) is 5.41 Å². The summed E-state index contributed by atoms with van der Waals surface area (Å²) in [5.41, 5.74) is 0.852. The number of fused-ring (bicyclic) bond motifs is 1. The summed E-state index contributed by atoms with van der Waals surface area (Å²) < 4.78 is 5.65. The zero-order valence-electron chi connectivity index (χ0n) is 8.79. The van der Waals surface area contributed by atoms with Crippen LogP contribution in [0.1, 0.15) is 44.5 Å². The molecule has 0 aliphatic carbocycles. The van der Waals surface area contributed by atoms with Crippen molar-refractivity contribution in [3.63, 3.8) is 0 Å². The van der Waals surface area contributed by atoms with E-state index in [4.69, 9.17) is 14.2 Å². The summed E-state index contributed by atoms with van der Waals surface area (Å²) in [4.78, 5) is 14.1. The van der Waals surface area contributed by atoms with E-state index in [1.54, 1.807) is 0 Å². The van der Waals surface area contributed by atoms with Gasteiger partial charge in [-0.3, -0.25) is 0 Å². The summed E-state index contributed by atoms with van der Waals surface area (Å²) in [5, 5.41) is 0. The molecule has 0 radical (unpaired) electrons. The average Bonchev–Trinajstić information content (AvgIpc) is 2.61. The highest BCUT2D eigenvalue weighted by Gasteiger charge is 2.28. The molecule has 0 unspecified atom stereocenters. The maximum absolute atomic E-state index is 5.65. The normalized spacial score (nSPS) is 16.8. The Kier molecular flexibility index (Phi) is 2.33. The number of oxazole rings is 1. The predicted molar refractivity (Wildman–Crippen MR) is 49.4 cm³/mol. The van der Waals surface area contributed by atoms with Gasteiger partial charge in [0.05, 0.1) is 0 Å². The largest absolute Gasteiger partial charge is 0.442 e. The summed E-state index contributed by atoms with van der Waals surface area (Å²) in [6.07, 6.45) is 0.994. The highest BCUT2D eigenvalue weighted by molar-refractivity contribution is 5.13. The third-order valence-corrected chi connectivity index (χ3v) is 2.71. The van der Waals surface area contributed by atoms with Gasteiger partial charge in [-0.25, -0.2) is 14.8 Å². The summed E-state index contributed by atoms with van der Waals surface area (Å²) in [5.74, 6) is 1.58. The molecule has 1 aliphatic heterocycles. The lowest BCUT2D eigenvalue weighted by atomic mass is 9.90. The fourth-order valence-electron chi connectivity index (χ4n) is 1.24. The van der Waals surface area contributed by atoms with Crippen LogP contribution < -0.4 is 0 Å². The van der Waals surface area contributed by atoms with Gasteiger partial charge in [-0.15, -0.1) is 0 Å². The van der Waals surface area contributed by atoms with Crippen LogP contribution in [0.4, 0.5) is 0 Å². The number of aromatic nitrogens is 1. The predicted octanol–water partition coefficient (Wildman–Crippen LogP) is 2.32. The number of hydrogen-bond donors (Lipinski definition) is 0. The zero-order valence-corrected chi connectivity index (χ0v) is 8.79. The number of nitrogens with zero attached hydrogens (tertiary/aromatic N) is 1. The van der Waals surface area contributed by atoms with Crippen LogP contribution in [0.15, 0.2) is 4.42 Å². The van der Waals surface area contributed by atoms with Crippen molar-refractivity contribution < 1.29 is 14.2 Å². The van der Waals surface area contributed by atoms with Crippen molar-refractivity contribution in [2.24, 2.45) is 0 Å². The standard InChI is InChI=1S/C10H15NO3/c1-4-10(2,3)9-11-7-5-12-13-6-8(7)14-9/h4-6H2,1-3H3. The molecular weight excluding hydrogens is 182 g/mol. The fraction of sp³-hybridized carbons (Fsp3) is 0.700. The fourth-order valence-corrected chi connectivity index (χ4v) is 1.24. The van der Waals surface area contributed by atoms with Crippen LogP contribution in [0.3, 0.4) is 0 Å². The summed E-state index contributed by atoms with van der Waals surface area (Å²) in [6, 6.07) is 0. The third kappa shape index (κ3) is 1.55. The molecule has 1 aliphatic rings. The van der Waals surface area contributed by atoms with Gasteiger partial charge in [0.1, 0.15) is 18.9 Å². The molecule has 0 spiro atoms. The van der Waals surface area contributed by atoms with E-state index in [1.807, 2.05) is 0 Å². The van der Waals surface area contributed by atoms with Crippen LogP contribution >= 0.6 is 0 Å². The minimum Gasteiger partial charge on any atom is -0.442 e. The number of hydrogen-bond acceptors (Lipinski definition) is 4. The van der Waals surface area contributed by atoms with E-state index in [0.29, 0.717) is 13.2 Å². The highest BCUT2D eigenvalue weighted by atomic mass is 17.2. The summed E-state index contributed by atoms with van der Waals surface area (Å²) >= 11 is 0. The molecule has 78 valence electrons. The summed E-state index contributed by atoms with van der Waals surface area (Å²) in [6.45, 7) is 7.11. The van der Waals surface area contributed by atoms with E-state index in [1.165, 1.54) is 0 Å². The Labute approximate surface area is 83.2 Å². The van der Waals surface area contributed by atoms with Gasteiger partial charge >= 0.3 is 0 Å². The molecule has 0 atom stereocenters. The van der Waals surface area contributed by atoms with E-state index < -0.39 is 0 Å². The average molecular weight is 197 g/mol. The zero-order chi connectivity index (χ0) is 10.2. The number of rotatable bonds is 2. The quantitative estimate of drug-likeness (QED) is 0.682. The van der Waals surface area contributed by atoms with Crippen molar-refractivity contribution in [1.82, 2.24) is 4.98 Å². The molecule has 2 rings (SSSR count). The molecular formula is C10H15NO3. The second-order valence-corrected chi connectivity index (χ2v) is 4.15.